The Morgan fingerprint density at radius 1 is 1.15 bits per heavy atom. The van der Waals surface area contributed by atoms with Crippen molar-refractivity contribution in [2.75, 3.05) is 44.2 Å². The zero-order valence-electron chi connectivity index (χ0n) is 19.8. The molecule has 0 bridgehead atoms. The van der Waals surface area contributed by atoms with Crippen LogP contribution in [0.25, 0.3) is 0 Å². The van der Waals surface area contributed by atoms with Gasteiger partial charge in [0.2, 0.25) is 11.9 Å². The molecule has 1 aromatic heterocycles. The lowest BCUT2D eigenvalue weighted by molar-refractivity contribution is -0.137. The van der Waals surface area contributed by atoms with Crippen molar-refractivity contribution in [3.8, 4) is 0 Å². The number of hydrogen-bond donors (Lipinski definition) is 1. The predicted molar refractivity (Wildman–Crippen MR) is 133 cm³/mol. The van der Waals surface area contributed by atoms with E-state index in [4.69, 9.17) is 0 Å². The topological polar surface area (TPSA) is 94.0 Å². The highest BCUT2D eigenvalue weighted by atomic mass is 16.2. The van der Waals surface area contributed by atoms with Gasteiger partial charge in [-0.3, -0.25) is 9.59 Å². The van der Waals surface area contributed by atoms with Crippen LogP contribution in [0, 0.1) is 5.92 Å². The molecule has 34 heavy (non-hydrogen) atoms. The molecular weight excluding hydrogens is 430 g/mol. The Balaban J connectivity index is 1.35. The van der Waals surface area contributed by atoms with Crippen LogP contribution in [0.4, 0.5) is 5.95 Å². The Morgan fingerprint density at radius 3 is 2.65 bits per heavy atom. The number of nitrogens with zero attached hydrogens (tertiary/aromatic N) is 6. The molecule has 2 amide bonds. The molecule has 0 radical (unpaired) electrons. The molecule has 3 aliphatic rings. The Hall–Kier alpha value is -3.33. The number of allylic oxidation sites excluding steroid dienone is 3. The molecule has 4 heterocycles. The van der Waals surface area contributed by atoms with E-state index in [1.165, 1.54) is 0 Å². The van der Waals surface area contributed by atoms with Crippen LogP contribution in [-0.2, 0) is 4.79 Å². The average molecular weight is 464 g/mol. The van der Waals surface area contributed by atoms with Gasteiger partial charge in [0, 0.05) is 64.0 Å². The molecule has 3 aliphatic heterocycles. The van der Waals surface area contributed by atoms with Gasteiger partial charge in [0.15, 0.2) is 0 Å². The first-order valence-electron chi connectivity index (χ1n) is 12.0. The van der Waals surface area contributed by atoms with Crippen molar-refractivity contribution in [3.05, 3.63) is 54.4 Å². The van der Waals surface area contributed by atoms with Gasteiger partial charge in [-0.2, -0.15) is 5.10 Å². The molecule has 0 aliphatic carbocycles. The van der Waals surface area contributed by atoms with Gasteiger partial charge in [-0.05, 0) is 31.4 Å². The van der Waals surface area contributed by atoms with Crippen LogP contribution in [0.2, 0.25) is 0 Å². The van der Waals surface area contributed by atoms with E-state index < -0.39 is 0 Å². The van der Waals surface area contributed by atoms with Gasteiger partial charge in [0.1, 0.15) is 5.69 Å². The highest BCUT2D eigenvalue weighted by Crippen LogP contribution is 2.27. The number of rotatable bonds is 6. The standard InChI is InChI=1S/C25H33N7O2/c1-3-4-5-6-19(2)22-8-12-28-32(22)23(33)20-9-15-31(16-10-20)25-27-11-7-21(29-25)24(34)30-17-13-26-14-18-30/h3-7,11-12,20,22,26H,2,8-10,13-18H2,1H3/b4-3-,6-5-/t22-/m0/s1. The Labute approximate surface area is 200 Å². The summed E-state index contributed by atoms with van der Waals surface area (Å²) in [6, 6.07) is 1.55. The van der Waals surface area contributed by atoms with E-state index in [-0.39, 0.29) is 23.8 Å². The number of piperidine rings is 1. The average Bonchev–Trinajstić information content (AvgIpc) is 3.39. The third-order valence-electron chi connectivity index (χ3n) is 6.49. The van der Waals surface area contributed by atoms with Gasteiger partial charge in [-0.1, -0.05) is 30.9 Å². The molecule has 0 spiro atoms. The zero-order valence-corrected chi connectivity index (χ0v) is 19.8. The first-order chi connectivity index (χ1) is 16.6. The summed E-state index contributed by atoms with van der Waals surface area (Å²) in [7, 11) is 0. The van der Waals surface area contributed by atoms with Gasteiger partial charge >= 0.3 is 0 Å². The number of anilines is 1. The summed E-state index contributed by atoms with van der Waals surface area (Å²) < 4.78 is 0. The van der Waals surface area contributed by atoms with Crippen molar-refractivity contribution in [1.82, 2.24) is 25.2 Å². The Morgan fingerprint density at radius 2 is 1.91 bits per heavy atom. The minimum absolute atomic E-state index is 0.0440. The summed E-state index contributed by atoms with van der Waals surface area (Å²) >= 11 is 0. The second-order valence-electron chi connectivity index (χ2n) is 8.74. The normalized spacial score (nSPS) is 21.7. The summed E-state index contributed by atoms with van der Waals surface area (Å²) in [6.07, 6.45) is 13.3. The number of carbonyl (C=O) groups excluding carboxylic acids is 2. The van der Waals surface area contributed by atoms with E-state index in [0.29, 0.717) is 57.1 Å². The maximum absolute atomic E-state index is 13.2. The molecule has 1 N–H and O–H groups in total. The number of aromatic nitrogens is 2. The lowest BCUT2D eigenvalue weighted by Gasteiger charge is -2.34. The maximum Gasteiger partial charge on any atom is 0.272 e. The lowest BCUT2D eigenvalue weighted by atomic mass is 9.94. The molecule has 9 nitrogen and oxygen atoms in total. The Bertz CT molecular complexity index is 989. The van der Waals surface area contributed by atoms with Crippen LogP contribution in [0.3, 0.4) is 0 Å². The van der Waals surface area contributed by atoms with Gasteiger partial charge in [0.25, 0.3) is 5.91 Å². The quantitative estimate of drug-likeness (QED) is 0.649. The molecular formula is C25H33N7O2. The zero-order chi connectivity index (χ0) is 23.9. The fourth-order valence-electron chi connectivity index (χ4n) is 4.50. The van der Waals surface area contributed by atoms with E-state index in [1.54, 1.807) is 23.5 Å². The molecule has 1 aromatic rings. The van der Waals surface area contributed by atoms with E-state index in [2.05, 4.69) is 31.9 Å². The van der Waals surface area contributed by atoms with Gasteiger partial charge < -0.3 is 15.1 Å². The summed E-state index contributed by atoms with van der Waals surface area (Å²) in [5.41, 5.74) is 1.30. The third-order valence-corrected chi connectivity index (χ3v) is 6.49. The van der Waals surface area contributed by atoms with Gasteiger partial charge in [-0.15, -0.1) is 0 Å². The number of amides is 2. The smallest absolute Gasteiger partial charge is 0.272 e. The van der Waals surface area contributed by atoms with Crippen molar-refractivity contribution in [2.45, 2.75) is 32.2 Å². The highest BCUT2D eigenvalue weighted by Gasteiger charge is 2.35. The van der Waals surface area contributed by atoms with Crippen LogP contribution >= 0.6 is 0 Å². The van der Waals surface area contributed by atoms with Crippen LogP contribution in [0.1, 0.15) is 36.7 Å². The van der Waals surface area contributed by atoms with Gasteiger partial charge in [-0.25, -0.2) is 15.0 Å². The molecule has 9 heteroatoms. The van der Waals surface area contributed by atoms with Crippen molar-refractivity contribution in [3.63, 3.8) is 0 Å². The number of nitrogens with one attached hydrogen (secondary N) is 1. The second-order valence-corrected chi connectivity index (χ2v) is 8.74. The minimum atomic E-state index is -0.122. The molecule has 2 saturated heterocycles. The number of piperazine rings is 1. The van der Waals surface area contributed by atoms with E-state index in [0.717, 1.165) is 18.7 Å². The predicted octanol–water partition coefficient (Wildman–Crippen LogP) is 2.01. The maximum atomic E-state index is 13.2. The van der Waals surface area contributed by atoms with Crippen molar-refractivity contribution >= 4 is 24.0 Å². The van der Waals surface area contributed by atoms with Crippen LogP contribution in [0.5, 0.6) is 0 Å². The van der Waals surface area contributed by atoms with Crippen LogP contribution in [-0.4, -0.2) is 83.2 Å². The Kier molecular flexibility index (Phi) is 7.84. The summed E-state index contributed by atoms with van der Waals surface area (Å²) in [5, 5.41) is 9.21. The van der Waals surface area contributed by atoms with E-state index >= 15 is 0 Å². The first-order valence-corrected chi connectivity index (χ1v) is 12.0. The van der Waals surface area contributed by atoms with Crippen molar-refractivity contribution in [2.24, 2.45) is 11.0 Å². The van der Waals surface area contributed by atoms with Crippen LogP contribution < -0.4 is 10.2 Å². The molecule has 180 valence electrons. The van der Waals surface area contributed by atoms with Gasteiger partial charge in [0.05, 0.1) is 6.04 Å². The molecule has 0 saturated carbocycles. The molecule has 1 atom stereocenters. The molecule has 0 unspecified atom stereocenters. The number of hydrogen-bond acceptors (Lipinski definition) is 7. The fraction of sp³-hybridized carbons (Fsp3) is 0.480. The monoisotopic (exact) mass is 463 g/mol. The van der Waals surface area contributed by atoms with Crippen molar-refractivity contribution in [1.29, 1.82) is 0 Å². The molecule has 2 fully saturated rings. The van der Waals surface area contributed by atoms with E-state index in [1.807, 2.05) is 36.1 Å². The number of carbonyl (C=O) groups is 2. The fourth-order valence-corrected chi connectivity index (χ4v) is 4.50. The minimum Gasteiger partial charge on any atom is -0.341 e. The van der Waals surface area contributed by atoms with Crippen LogP contribution in [0.15, 0.2) is 53.8 Å². The second kappa shape index (κ2) is 11.2. The first kappa shape index (κ1) is 23.8. The largest absolute Gasteiger partial charge is 0.341 e. The summed E-state index contributed by atoms with van der Waals surface area (Å²) in [5.74, 6) is 0.429. The highest BCUT2D eigenvalue weighted by molar-refractivity contribution is 5.92. The number of hydrazone groups is 1. The summed E-state index contributed by atoms with van der Waals surface area (Å²) in [6.45, 7) is 10.4. The van der Waals surface area contributed by atoms with E-state index in [9.17, 15) is 9.59 Å². The van der Waals surface area contributed by atoms with Crippen molar-refractivity contribution < 1.29 is 9.59 Å². The SMILES string of the molecule is C=C(/C=C\C=C/C)[C@@H]1CC=NN1C(=O)C1CCN(c2nccc(C(=O)N3CCNCC3)n2)CC1. The molecule has 0 aromatic carbocycles. The summed E-state index contributed by atoms with van der Waals surface area (Å²) in [4.78, 5) is 38.9. The molecule has 4 rings (SSSR count). The lowest BCUT2D eigenvalue weighted by Crippen LogP contribution is -2.46. The third kappa shape index (κ3) is 5.41.